The molecular formula is C10H13N5. The van der Waals surface area contributed by atoms with Crippen molar-refractivity contribution in [2.45, 2.75) is 19.9 Å². The highest BCUT2D eigenvalue weighted by Crippen LogP contribution is 2.09. The summed E-state index contributed by atoms with van der Waals surface area (Å²) >= 11 is 0. The molecule has 5 heteroatoms. The van der Waals surface area contributed by atoms with Gasteiger partial charge in [-0.25, -0.2) is 0 Å². The van der Waals surface area contributed by atoms with Gasteiger partial charge in [0, 0.05) is 0 Å². The van der Waals surface area contributed by atoms with Gasteiger partial charge in [0.05, 0.1) is 12.2 Å². The van der Waals surface area contributed by atoms with Crippen LogP contribution in [-0.4, -0.2) is 20.2 Å². The highest BCUT2D eigenvalue weighted by molar-refractivity contribution is 5.34. The predicted octanol–water partition coefficient (Wildman–Crippen LogP) is 0.683. The zero-order valence-electron chi connectivity index (χ0n) is 8.59. The Hall–Kier alpha value is -1.75. The van der Waals surface area contributed by atoms with Crippen LogP contribution in [0, 0.1) is 0 Å². The minimum Gasteiger partial charge on any atom is -0.324 e. The van der Waals surface area contributed by atoms with Gasteiger partial charge in [-0.1, -0.05) is 19.1 Å². The summed E-state index contributed by atoms with van der Waals surface area (Å²) in [5.41, 5.74) is 7.76. The molecule has 0 aliphatic heterocycles. The van der Waals surface area contributed by atoms with Gasteiger partial charge in [-0.05, 0) is 34.5 Å². The van der Waals surface area contributed by atoms with Crippen LogP contribution in [-0.2, 0) is 13.0 Å². The fraction of sp³-hybridized carbons (Fsp3) is 0.300. The number of nitrogens with zero attached hydrogens (tertiary/aromatic N) is 4. The van der Waals surface area contributed by atoms with Gasteiger partial charge < -0.3 is 5.73 Å². The first-order valence-electron chi connectivity index (χ1n) is 4.91. The van der Waals surface area contributed by atoms with Gasteiger partial charge in [-0.15, -0.1) is 5.10 Å². The van der Waals surface area contributed by atoms with Gasteiger partial charge in [-0.3, -0.25) is 0 Å². The summed E-state index contributed by atoms with van der Waals surface area (Å²) in [6.07, 6.45) is 1.03. The molecule has 2 aromatic rings. The number of aromatic nitrogens is 4. The van der Waals surface area contributed by atoms with Crippen molar-refractivity contribution in [2.24, 2.45) is 5.73 Å². The van der Waals surface area contributed by atoms with Crippen molar-refractivity contribution in [3.63, 3.8) is 0 Å². The molecular weight excluding hydrogens is 190 g/mol. The van der Waals surface area contributed by atoms with Crippen molar-refractivity contribution >= 4 is 0 Å². The molecule has 0 spiro atoms. The summed E-state index contributed by atoms with van der Waals surface area (Å²) in [4.78, 5) is 0. The zero-order chi connectivity index (χ0) is 10.7. The van der Waals surface area contributed by atoms with Crippen LogP contribution >= 0.6 is 0 Å². The van der Waals surface area contributed by atoms with Crippen molar-refractivity contribution in [3.05, 3.63) is 35.7 Å². The number of rotatable bonds is 3. The summed E-state index contributed by atoms with van der Waals surface area (Å²) in [6.45, 7) is 2.46. The monoisotopic (exact) mass is 203 g/mol. The van der Waals surface area contributed by atoms with E-state index < -0.39 is 0 Å². The van der Waals surface area contributed by atoms with Crippen molar-refractivity contribution in [1.82, 2.24) is 20.2 Å². The number of hydrogen-bond donors (Lipinski definition) is 1. The van der Waals surface area contributed by atoms with E-state index in [1.54, 1.807) is 4.68 Å². The second-order valence-electron chi connectivity index (χ2n) is 3.23. The maximum absolute atomic E-state index is 5.53. The molecule has 2 rings (SSSR count). The van der Waals surface area contributed by atoms with Crippen LogP contribution in [0.1, 0.15) is 18.3 Å². The normalized spacial score (nSPS) is 10.5. The quantitative estimate of drug-likeness (QED) is 0.796. The van der Waals surface area contributed by atoms with E-state index >= 15 is 0 Å². The molecule has 0 fully saturated rings. The Bertz CT molecular complexity index is 431. The molecule has 0 aliphatic carbocycles. The molecule has 78 valence electrons. The molecule has 0 aliphatic rings. The van der Waals surface area contributed by atoms with Gasteiger partial charge in [0.15, 0.2) is 5.82 Å². The third-order valence-corrected chi connectivity index (χ3v) is 2.31. The maximum Gasteiger partial charge on any atom is 0.170 e. The van der Waals surface area contributed by atoms with Gasteiger partial charge in [0.25, 0.3) is 0 Å². The molecule has 0 radical (unpaired) electrons. The summed E-state index contributed by atoms with van der Waals surface area (Å²) < 4.78 is 1.65. The van der Waals surface area contributed by atoms with E-state index in [4.69, 9.17) is 5.73 Å². The average Bonchev–Trinajstić information content (AvgIpc) is 2.77. The molecule has 15 heavy (non-hydrogen) atoms. The fourth-order valence-corrected chi connectivity index (χ4v) is 1.41. The SMILES string of the molecule is CCc1ccc(-n2nnnc2CN)cc1. The maximum atomic E-state index is 5.53. The van der Waals surface area contributed by atoms with Gasteiger partial charge in [0.2, 0.25) is 0 Å². The number of benzene rings is 1. The van der Waals surface area contributed by atoms with E-state index in [1.807, 2.05) is 12.1 Å². The largest absolute Gasteiger partial charge is 0.324 e. The van der Waals surface area contributed by atoms with Gasteiger partial charge in [0.1, 0.15) is 0 Å². The zero-order valence-corrected chi connectivity index (χ0v) is 8.59. The van der Waals surface area contributed by atoms with Crippen LogP contribution in [0.15, 0.2) is 24.3 Å². The van der Waals surface area contributed by atoms with Gasteiger partial charge in [-0.2, -0.15) is 4.68 Å². The Morgan fingerprint density at radius 3 is 2.60 bits per heavy atom. The molecule has 1 heterocycles. The van der Waals surface area contributed by atoms with E-state index in [-0.39, 0.29) is 0 Å². The Morgan fingerprint density at radius 1 is 1.27 bits per heavy atom. The molecule has 1 aromatic heterocycles. The second-order valence-corrected chi connectivity index (χ2v) is 3.23. The lowest BCUT2D eigenvalue weighted by Crippen LogP contribution is -2.07. The number of hydrogen-bond acceptors (Lipinski definition) is 4. The number of nitrogens with two attached hydrogens (primary N) is 1. The standard InChI is InChI=1S/C10H13N5/c1-2-8-3-5-9(6-4-8)15-10(7-11)12-13-14-15/h3-6H,2,7,11H2,1H3. The first-order valence-corrected chi connectivity index (χ1v) is 4.91. The first kappa shape index (κ1) is 9.79. The summed E-state index contributed by atoms with van der Waals surface area (Å²) in [5.74, 6) is 0.666. The summed E-state index contributed by atoms with van der Waals surface area (Å²) in [7, 11) is 0. The van der Waals surface area contributed by atoms with Crippen LogP contribution in [0.25, 0.3) is 5.69 Å². The van der Waals surface area contributed by atoms with Crippen LogP contribution in [0.4, 0.5) is 0 Å². The van der Waals surface area contributed by atoms with Gasteiger partial charge >= 0.3 is 0 Å². The lowest BCUT2D eigenvalue weighted by Gasteiger charge is -2.03. The highest BCUT2D eigenvalue weighted by atomic mass is 15.5. The number of tetrazole rings is 1. The molecule has 2 N–H and O–H groups in total. The minimum absolute atomic E-state index is 0.336. The van der Waals surface area contributed by atoms with Crippen molar-refractivity contribution in [3.8, 4) is 5.69 Å². The van der Waals surface area contributed by atoms with Crippen molar-refractivity contribution < 1.29 is 0 Å². The van der Waals surface area contributed by atoms with E-state index in [0.717, 1.165) is 12.1 Å². The number of aryl methyl sites for hydroxylation is 1. The molecule has 5 nitrogen and oxygen atoms in total. The summed E-state index contributed by atoms with van der Waals surface area (Å²) in [6, 6.07) is 8.12. The van der Waals surface area contributed by atoms with E-state index in [0.29, 0.717) is 12.4 Å². The highest BCUT2D eigenvalue weighted by Gasteiger charge is 2.05. The topological polar surface area (TPSA) is 69.6 Å². The van der Waals surface area contributed by atoms with E-state index in [1.165, 1.54) is 5.56 Å². The van der Waals surface area contributed by atoms with Crippen LogP contribution < -0.4 is 5.73 Å². The molecule has 0 bridgehead atoms. The lowest BCUT2D eigenvalue weighted by atomic mass is 10.1. The minimum atomic E-state index is 0.336. The van der Waals surface area contributed by atoms with Crippen molar-refractivity contribution in [2.75, 3.05) is 0 Å². The molecule has 1 aromatic carbocycles. The molecule has 0 saturated heterocycles. The van der Waals surface area contributed by atoms with E-state index in [9.17, 15) is 0 Å². The second kappa shape index (κ2) is 4.18. The Balaban J connectivity index is 2.37. The third-order valence-electron chi connectivity index (χ3n) is 2.31. The van der Waals surface area contributed by atoms with Crippen LogP contribution in [0.5, 0.6) is 0 Å². The molecule has 0 amide bonds. The lowest BCUT2D eigenvalue weighted by molar-refractivity contribution is 0.761. The Morgan fingerprint density at radius 2 is 2.00 bits per heavy atom. The van der Waals surface area contributed by atoms with Crippen LogP contribution in [0.3, 0.4) is 0 Å². The predicted molar refractivity (Wildman–Crippen MR) is 56.4 cm³/mol. The molecule has 0 unspecified atom stereocenters. The van der Waals surface area contributed by atoms with Crippen LogP contribution in [0.2, 0.25) is 0 Å². The Labute approximate surface area is 87.9 Å². The smallest absolute Gasteiger partial charge is 0.170 e. The molecule has 0 saturated carbocycles. The molecule has 0 atom stereocenters. The van der Waals surface area contributed by atoms with E-state index in [2.05, 4.69) is 34.6 Å². The third kappa shape index (κ3) is 1.87. The first-order chi connectivity index (χ1) is 7.35. The average molecular weight is 203 g/mol. The fourth-order valence-electron chi connectivity index (χ4n) is 1.41. The summed E-state index contributed by atoms with van der Waals surface area (Å²) in [5, 5.41) is 11.3. The van der Waals surface area contributed by atoms with Crippen molar-refractivity contribution in [1.29, 1.82) is 0 Å². The Kier molecular flexibility index (Phi) is 2.73.